The van der Waals surface area contributed by atoms with Gasteiger partial charge in [0.25, 0.3) is 5.69 Å². The van der Waals surface area contributed by atoms with Gasteiger partial charge in [0, 0.05) is 17.7 Å². The molecule has 0 bridgehead atoms. The molecule has 0 heterocycles. The van der Waals surface area contributed by atoms with Crippen LogP contribution < -0.4 is 0 Å². The summed E-state index contributed by atoms with van der Waals surface area (Å²) < 4.78 is 13.3. The summed E-state index contributed by atoms with van der Waals surface area (Å²) in [6.07, 6.45) is 1.26. The van der Waals surface area contributed by atoms with E-state index in [2.05, 4.69) is 5.16 Å². The Morgan fingerprint density at radius 3 is 2.80 bits per heavy atom. The van der Waals surface area contributed by atoms with Crippen LogP contribution in [0, 0.1) is 15.9 Å². The topological polar surface area (TPSA) is 64.7 Å². The first-order valence-corrected chi connectivity index (χ1v) is 5.80. The molecule has 0 aliphatic heterocycles. The van der Waals surface area contributed by atoms with Gasteiger partial charge < -0.3 is 4.84 Å². The van der Waals surface area contributed by atoms with Crippen molar-refractivity contribution >= 4 is 11.9 Å². The van der Waals surface area contributed by atoms with Crippen molar-refractivity contribution in [1.29, 1.82) is 0 Å². The second-order valence-electron chi connectivity index (χ2n) is 3.96. The molecule has 5 nitrogen and oxygen atoms in total. The van der Waals surface area contributed by atoms with Crippen LogP contribution in [-0.2, 0) is 11.4 Å². The minimum Gasteiger partial charge on any atom is -0.391 e. The predicted molar refractivity (Wildman–Crippen MR) is 71.9 cm³/mol. The lowest BCUT2D eigenvalue weighted by Gasteiger charge is -2.00. The van der Waals surface area contributed by atoms with E-state index in [-0.39, 0.29) is 12.3 Å². The first-order chi connectivity index (χ1) is 9.66. The fourth-order valence-corrected chi connectivity index (χ4v) is 1.55. The van der Waals surface area contributed by atoms with Gasteiger partial charge in [0.1, 0.15) is 12.4 Å². The number of nitro benzene ring substituents is 1. The quantitative estimate of drug-likeness (QED) is 0.477. The molecule has 2 rings (SSSR count). The SMILES string of the molecule is O=[N+]([O-])c1cccc(CO/N=C\c2ccccc2F)c1. The lowest BCUT2D eigenvalue weighted by Crippen LogP contribution is -1.92. The highest BCUT2D eigenvalue weighted by Crippen LogP contribution is 2.13. The number of hydrogen-bond acceptors (Lipinski definition) is 4. The molecule has 0 fully saturated rings. The molecular weight excluding hydrogens is 263 g/mol. The van der Waals surface area contributed by atoms with Gasteiger partial charge in [-0.3, -0.25) is 10.1 Å². The van der Waals surface area contributed by atoms with Crippen LogP contribution in [0.5, 0.6) is 0 Å². The fourth-order valence-electron chi connectivity index (χ4n) is 1.55. The first-order valence-electron chi connectivity index (χ1n) is 5.80. The highest BCUT2D eigenvalue weighted by Gasteiger charge is 2.05. The van der Waals surface area contributed by atoms with E-state index in [9.17, 15) is 14.5 Å². The van der Waals surface area contributed by atoms with E-state index in [1.807, 2.05) is 0 Å². The number of nitrogens with zero attached hydrogens (tertiary/aromatic N) is 2. The Morgan fingerprint density at radius 2 is 2.05 bits per heavy atom. The Labute approximate surface area is 114 Å². The third kappa shape index (κ3) is 3.61. The van der Waals surface area contributed by atoms with Gasteiger partial charge in [-0.25, -0.2) is 4.39 Å². The molecule has 0 aliphatic carbocycles. The monoisotopic (exact) mass is 274 g/mol. The van der Waals surface area contributed by atoms with Crippen LogP contribution in [0.4, 0.5) is 10.1 Å². The number of non-ortho nitro benzene ring substituents is 1. The maximum Gasteiger partial charge on any atom is 0.269 e. The van der Waals surface area contributed by atoms with E-state index in [1.165, 1.54) is 24.4 Å². The van der Waals surface area contributed by atoms with Crippen molar-refractivity contribution in [2.45, 2.75) is 6.61 Å². The number of benzene rings is 2. The standard InChI is InChI=1S/C14H11FN2O3/c15-14-7-2-1-5-12(14)9-16-20-10-11-4-3-6-13(8-11)17(18)19/h1-9H,10H2/b16-9-. The molecule has 0 radical (unpaired) electrons. The van der Waals surface area contributed by atoms with Crippen LogP contribution in [0.25, 0.3) is 0 Å². The Morgan fingerprint density at radius 1 is 1.25 bits per heavy atom. The van der Waals surface area contributed by atoms with E-state index in [0.29, 0.717) is 11.1 Å². The Kier molecular flexibility index (Phi) is 4.39. The lowest BCUT2D eigenvalue weighted by molar-refractivity contribution is -0.384. The van der Waals surface area contributed by atoms with Crippen LogP contribution in [0.2, 0.25) is 0 Å². The summed E-state index contributed by atoms with van der Waals surface area (Å²) in [5, 5.41) is 14.2. The van der Waals surface area contributed by atoms with E-state index < -0.39 is 10.7 Å². The largest absolute Gasteiger partial charge is 0.391 e. The number of oxime groups is 1. The van der Waals surface area contributed by atoms with Gasteiger partial charge in [-0.1, -0.05) is 35.5 Å². The Balaban J connectivity index is 1.95. The summed E-state index contributed by atoms with van der Waals surface area (Å²) in [6, 6.07) is 12.2. The smallest absolute Gasteiger partial charge is 0.269 e. The Hall–Kier alpha value is -2.76. The van der Waals surface area contributed by atoms with Crippen molar-refractivity contribution in [2.24, 2.45) is 5.16 Å². The fraction of sp³-hybridized carbons (Fsp3) is 0.0714. The molecule has 0 unspecified atom stereocenters. The Bertz CT molecular complexity index is 644. The minimum absolute atomic E-state index is 0.0100. The van der Waals surface area contributed by atoms with Crippen LogP contribution in [0.15, 0.2) is 53.7 Å². The number of halogens is 1. The van der Waals surface area contributed by atoms with E-state index in [4.69, 9.17) is 4.84 Å². The molecule has 0 N–H and O–H groups in total. The maximum atomic E-state index is 13.3. The molecule has 0 saturated carbocycles. The molecule has 2 aromatic carbocycles. The van der Waals surface area contributed by atoms with Crippen molar-refractivity contribution in [2.75, 3.05) is 0 Å². The van der Waals surface area contributed by atoms with Crippen molar-refractivity contribution in [3.63, 3.8) is 0 Å². The third-order valence-electron chi connectivity index (χ3n) is 2.52. The van der Waals surface area contributed by atoms with Gasteiger partial charge in [0.05, 0.1) is 11.1 Å². The van der Waals surface area contributed by atoms with E-state index in [1.54, 1.807) is 30.3 Å². The molecular formula is C14H11FN2O3. The van der Waals surface area contributed by atoms with Crippen LogP contribution in [0.1, 0.15) is 11.1 Å². The molecule has 0 aromatic heterocycles. The average Bonchev–Trinajstić information content (AvgIpc) is 2.45. The van der Waals surface area contributed by atoms with Gasteiger partial charge in [-0.05, 0) is 11.6 Å². The second-order valence-corrected chi connectivity index (χ2v) is 3.96. The van der Waals surface area contributed by atoms with Gasteiger partial charge in [0.2, 0.25) is 0 Å². The van der Waals surface area contributed by atoms with E-state index >= 15 is 0 Å². The summed E-state index contributed by atoms with van der Waals surface area (Å²) in [5.41, 5.74) is 0.917. The number of hydrogen-bond donors (Lipinski definition) is 0. The molecule has 102 valence electrons. The van der Waals surface area contributed by atoms with Crippen molar-refractivity contribution in [3.8, 4) is 0 Å². The van der Waals surface area contributed by atoms with Crippen molar-refractivity contribution in [1.82, 2.24) is 0 Å². The molecule has 20 heavy (non-hydrogen) atoms. The normalized spacial score (nSPS) is 10.7. The molecule has 0 saturated heterocycles. The number of rotatable bonds is 5. The van der Waals surface area contributed by atoms with E-state index in [0.717, 1.165) is 0 Å². The minimum atomic E-state index is -0.480. The highest BCUT2D eigenvalue weighted by atomic mass is 19.1. The highest BCUT2D eigenvalue weighted by molar-refractivity contribution is 5.79. The molecule has 0 amide bonds. The molecule has 2 aromatic rings. The van der Waals surface area contributed by atoms with Crippen LogP contribution in [0.3, 0.4) is 0 Å². The molecule has 0 aliphatic rings. The molecule has 6 heteroatoms. The maximum absolute atomic E-state index is 13.3. The lowest BCUT2D eigenvalue weighted by atomic mass is 10.2. The van der Waals surface area contributed by atoms with Crippen molar-refractivity contribution < 1.29 is 14.2 Å². The summed E-state index contributed by atoms with van der Waals surface area (Å²) in [5.74, 6) is -0.393. The second kappa shape index (κ2) is 6.42. The third-order valence-corrected chi connectivity index (χ3v) is 2.52. The summed E-state index contributed by atoms with van der Waals surface area (Å²) in [6.45, 7) is 0.0760. The zero-order chi connectivity index (χ0) is 14.4. The van der Waals surface area contributed by atoms with Crippen LogP contribution >= 0.6 is 0 Å². The first kappa shape index (κ1) is 13.7. The zero-order valence-electron chi connectivity index (χ0n) is 10.4. The average molecular weight is 274 g/mol. The van der Waals surface area contributed by atoms with Crippen LogP contribution in [-0.4, -0.2) is 11.1 Å². The zero-order valence-corrected chi connectivity index (χ0v) is 10.4. The summed E-state index contributed by atoms with van der Waals surface area (Å²) in [7, 11) is 0. The predicted octanol–water partition coefficient (Wildman–Crippen LogP) is 3.28. The molecule has 0 atom stereocenters. The van der Waals surface area contributed by atoms with Gasteiger partial charge >= 0.3 is 0 Å². The number of nitro groups is 1. The summed E-state index contributed by atoms with van der Waals surface area (Å²) >= 11 is 0. The van der Waals surface area contributed by atoms with Gasteiger partial charge in [0.15, 0.2) is 0 Å². The van der Waals surface area contributed by atoms with Gasteiger partial charge in [-0.15, -0.1) is 0 Å². The van der Waals surface area contributed by atoms with Gasteiger partial charge in [-0.2, -0.15) is 0 Å². The van der Waals surface area contributed by atoms with Crippen molar-refractivity contribution in [3.05, 3.63) is 75.6 Å². The molecule has 0 spiro atoms. The summed E-state index contributed by atoms with van der Waals surface area (Å²) in [4.78, 5) is 15.1.